The third kappa shape index (κ3) is 13.1. The minimum atomic E-state index is -0.975. The molecule has 0 atom stereocenters. The zero-order valence-electron chi connectivity index (χ0n) is 7.60. The summed E-state index contributed by atoms with van der Waals surface area (Å²) in [5.74, 6) is -0.975. The molecule has 0 amide bonds. The SMILES string of the molecule is C/C(Cl)=C/CCCCC(=O)[O-].[Na+]. The Morgan fingerprint density at radius 3 is 2.50 bits per heavy atom. The van der Waals surface area contributed by atoms with Gasteiger partial charge in [0.15, 0.2) is 0 Å². The molecule has 0 aliphatic carbocycles. The molecule has 2 nitrogen and oxygen atoms in total. The van der Waals surface area contributed by atoms with Crippen LogP contribution in [0.15, 0.2) is 11.1 Å². The second kappa shape index (κ2) is 9.59. The minimum absolute atomic E-state index is 0. The van der Waals surface area contributed by atoms with Gasteiger partial charge >= 0.3 is 29.6 Å². The number of carboxylic acids is 1. The van der Waals surface area contributed by atoms with Gasteiger partial charge in [-0.05, 0) is 32.6 Å². The fraction of sp³-hybridized carbons (Fsp3) is 0.625. The summed E-state index contributed by atoms with van der Waals surface area (Å²) in [4.78, 5) is 9.94. The van der Waals surface area contributed by atoms with Crippen molar-refractivity contribution < 1.29 is 39.5 Å². The van der Waals surface area contributed by atoms with E-state index in [-0.39, 0.29) is 36.0 Å². The van der Waals surface area contributed by atoms with Gasteiger partial charge in [-0.15, -0.1) is 0 Å². The Morgan fingerprint density at radius 2 is 2.08 bits per heavy atom. The second-order valence-electron chi connectivity index (χ2n) is 2.41. The van der Waals surface area contributed by atoms with Gasteiger partial charge in [0, 0.05) is 11.0 Å². The predicted molar refractivity (Wildman–Crippen MR) is 43.1 cm³/mol. The van der Waals surface area contributed by atoms with Crippen LogP contribution < -0.4 is 34.7 Å². The van der Waals surface area contributed by atoms with E-state index < -0.39 is 5.97 Å². The third-order valence-corrected chi connectivity index (χ3v) is 1.41. The standard InChI is InChI=1S/C8H13ClO2.Na/c1-7(9)5-3-2-4-6-8(10)11;/h5H,2-4,6H2,1H3,(H,10,11);/q;+1/p-1/b7-5-;. The molecule has 0 N–H and O–H groups in total. The molecule has 0 aromatic rings. The first-order valence-electron chi connectivity index (χ1n) is 3.65. The maximum Gasteiger partial charge on any atom is 1.00 e. The molecule has 0 saturated carbocycles. The van der Waals surface area contributed by atoms with Gasteiger partial charge in [0.25, 0.3) is 0 Å². The van der Waals surface area contributed by atoms with Crippen LogP contribution in [0.3, 0.4) is 0 Å². The molecule has 0 radical (unpaired) electrons. The van der Waals surface area contributed by atoms with Crippen LogP contribution in [0.4, 0.5) is 0 Å². The third-order valence-electron chi connectivity index (χ3n) is 1.26. The van der Waals surface area contributed by atoms with E-state index in [4.69, 9.17) is 11.6 Å². The van der Waals surface area contributed by atoms with Crippen LogP contribution in [0.1, 0.15) is 32.6 Å². The van der Waals surface area contributed by atoms with Crippen LogP contribution in [0.2, 0.25) is 0 Å². The van der Waals surface area contributed by atoms with E-state index in [2.05, 4.69) is 0 Å². The van der Waals surface area contributed by atoms with Gasteiger partial charge in [0.1, 0.15) is 0 Å². The molecule has 0 aliphatic rings. The van der Waals surface area contributed by atoms with Crippen LogP contribution in [0.25, 0.3) is 0 Å². The van der Waals surface area contributed by atoms with E-state index >= 15 is 0 Å². The molecule has 0 heterocycles. The molecule has 0 spiro atoms. The Kier molecular flexibility index (Phi) is 12.0. The first-order valence-corrected chi connectivity index (χ1v) is 4.03. The molecule has 4 heteroatoms. The van der Waals surface area contributed by atoms with E-state index in [0.29, 0.717) is 6.42 Å². The average molecular weight is 199 g/mol. The maximum absolute atomic E-state index is 9.94. The van der Waals surface area contributed by atoms with Gasteiger partial charge in [0.2, 0.25) is 0 Å². The van der Waals surface area contributed by atoms with Gasteiger partial charge in [-0.1, -0.05) is 17.7 Å². The molecule has 0 fully saturated rings. The summed E-state index contributed by atoms with van der Waals surface area (Å²) in [6, 6.07) is 0. The summed E-state index contributed by atoms with van der Waals surface area (Å²) >= 11 is 5.55. The number of rotatable bonds is 5. The molecule has 0 bridgehead atoms. The molecule has 0 aliphatic heterocycles. The topological polar surface area (TPSA) is 40.1 Å². The van der Waals surface area contributed by atoms with Gasteiger partial charge in [0.05, 0.1) is 0 Å². The van der Waals surface area contributed by atoms with Crippen molar-refractivity contribution in [3.63, 3.8) is 0 Å². The first kappa shape index (κ1) is 15.0. The van der Waals surface area contributed by atoms with E-state index in [1.807, 2.05) is 6.08 Å². The zero-order valence-corrected chi connectivity index (χ0v) is 10.4. The molecule has 0 unspecified atom stereocenters. The fourth-order valence-corrected chi connectivity index (χ4v) is 0.824. The first-order chi connectivity index (χ1) is 5.13. The van der Waals surface area contributed by atoms with Crippen molar-refractivity contribution in [1.29, 1.82) is 0 Å². The van der Waals surface area contributed by atoms with Gasteiger partial charge in [-0.2, -0.15) is 0 Å². The molecule has 0 aromatic heterocycles. The van der Waals surface area contributed by atoms with E-state index in [9.17, 15) is 9.90 Å². The summed E-state index contributed by atoms with van der Waals surface area (Å²) < 4.78 is 0. The zero-order chi connectivity index (χ0) is 8.69. The summed E-state index contributed by atoms with van der Waals surface area (Å²) in [5.41, 5.74) is 0. The number of hydrogen-bond acceptors (Lipinski definition) is 2. The van der Waals surface area contributed by atoms with Gasteiger partial charge in [-0.3, -0.25) is 0 Å². The number of hydrogen-bond donors (Lipinski definition) is 0. The van der Waals surface area contributed by atoms with E-state index in [0.717, 1.165) is 17.9 Å². The van der Waals surface area contributed by atoms with Crippen LogP contribution in [0.5, 0.6) is 0 Å². The van der Waals surface area contributed by atoms with Crippen molar-refractivity contribution >= 4 is 17.6 Å². The summed E-state index contributed by atoms with van der Waals surface area (Å²) in [6.07, 6.45) is 4.41. The van der Waals surface area contributed by atoms with Crippen molar-refractivity contribution in [2.45, 2.75) is 32.6 Å². The van der Waals surface area contributed by atoms with Gasteiger partial charge < -0.3 is 9.90 Å². The Bertz CT molecular complexity index is 153. The number of carbonyl (C=O) groups is 1. The van der Waals surface area contributed by atoms with Crippen molar-refractivity contribution in [2.75, 3.05) is 0 Å². The van der Waals surface area contributed by atoms with Crippen molar-refractivity contribution in [2.24, 2.45) is 0 Å². The van der Waals surface area contributed by atoms with Crippen LogP contribution in [-0.2, 0) is 4.79 Å². The van der Waals surface area contributed by atoms with Crippen LogP contribution in [0, 0.1) is 0 Å². The van der Waals surface area contributed by atoms with Crippen LogP contribution in [-0.4, -0.2) is 5.97 Å². The Labute approximate surface area is 100 Å². The number of aliphatic carboxylic acids is 1. The van der Waals surface area contributed by atoms with Crippen molar-refractivity contribution in [3.8, 4) is 0 Å². The summed E-state index contributed by atoms with van der Waals surface area (Å²) in [7, 11) is 0. The molecule has 12 heavy (non-hydrogen) atoms. The largest absolute Gasteiger partial charge is 1.00 e. The molecular formula is C8H12ClNaO2. The number of allylic oxidation sites excluding steroid dienone is 2. The smallest absolute Gasteiger partial charge is 0.550 e. The number of unbranched alkanes of at least 4 members (excludes halogenated alkanes) is 2. The summed E-state index contributed by atoms with van der Waals surface area (Å²) in [5, 5.41) is 10.7. The number of halogens is 1. The second-order valence-corrected chi connectivity index (χ2v) is 3.00. The molecule has 0 rings (SSSR count). The fourth-order valence-electron chi connectivity index (χ4n) is 0.715. The normalized spacial score (nSPS) is 10.7. The Balaban J connectivity index is 0. The van der Waals surface area contributed by atoms with E-state index in [1.165, 1.54) is 0 Å². The van der Waals surface area contributed by atoms with Crippen molar-refractivity contribution in [3.05, 3.63) is 11.1 Å². The van der Waals surface area contributed by atoms with Gasteiger partial charge in [-0.25, -0.2) is 0 Å². The maximum atomic E-state index is 9.94. The number of carbonyl (C=O) groups excluding carboxylic acids is 1. The molecule has 0 aromatic carbocycles. The molecular weight excluding hydrogens is 187 g/mol. The predicted octanol–water partition coefficient (Wildman–Crippen LogP) is -1.56. The van der Waals surface area contributed by atoms with Crippen molar-refractivity contribution in [1.82, 2.24) is 0 Å². The minimum Gasteiger partial charge on any atom is -0.550 e. The molecule has 0 saturated heterocycles. The number of carboxylic acid groups (broad SMARTS) is 1. The average Bonchev–Trinajstić information content (AvgIpc) is 1.85. The monoisotopic (exact) mass is 198 g/mol. The summed E-state index contributed by atoms with van der Waals surface area (Å²) in [6.45, 7) is 1.81. The van der Waals surface area contributed by atoms with E-state index in [1.54, 1.807) is 6.92 Å². The van der Waals surface area contributed by atoms with Crippen LogP contribution >= 0.6 is 11.6 Å². The quantitative estimate of drug-likeness (QED) is 0.396. The molecule has 64 valence electrons. The Hall–Kier alpha value is 0.500. The Morgan fingerprint density at radius 1 is 1.50 bits per heavy atom.